The molecule has 128 valence electrons. The van der Waals surface area contributed by atoms with Crippen LogP contribution in [0.15, 0.2) is 48.8 Å². The SMILES string of the molecule is NC(C=O)CCCC(N)C(=O)O.c1ccc(-c2ccccn2)nc1. The van der Waals surface area contributed by atoms with Crippen LogP contribution in [-0.2, 0) is 9.59 Å². The Morgan fingerprint density at radius 2 is 1.58 bits per heavy atom. The first kappa shape index (κ1) is 19.4. The van der Waals surface area contributed by atoms with Crippen LogP contribution in [0.3, 0.4) is 0 Å². The molecule has 7 heteroatoms. The second kappa shape index (κ2) is 11.0. The Morgan fingerprint density at radius 3 is 1.96 bits per heavy atom. The van der Waals surface area contributed by atoms with Gasteiger partial charge in [0.25, 0.3) is 0 Å². The first-order chi connectivity index (χ1) is 11.5. The second-order valence-electron chi connectivity index (χ2n) is 5.11. The summed E-state index contributed by atoms with van der Waals surface area (Å²) in [5, 5.41) is 8.38. The van der Waals surface area contributed by atoms with Crippen molar-refractivity contribution in [2.45, 2.75) is 31.3 Å². The number of carboxylic acids is 1. The van der Waals surface area contributed by atoms with Crippen LogP contribution in [0.2, 0.25) is 0 Å². The number of aldehydes is 1. The van der Waals surface area contributed by atoms with E-state index in [0.29, 0.717) is 25.5 Å². The third-order valence-corrected chi connectivity index (χ3v) is 3.14. The third-order valence-electron chi connectivity index (χ3n) is 3.14. The summed E-state index contributed by atoms with van der Waals surface area (Å²) in [6, 6.07) is 10.3. The minimum Gasteiger partial charge on any atom is -0.480 e. The lowest BCUT2D eigenvalue weighted by Gasteiger charge is -2.06. The highest BCUT2D eigenvalue weighted by Crippen LogP contribution is 2.10. The lowest BCUT2D eigenvalue weighted by molar-refractivity contribution is -0.138. The molecule has 0 amide bonds. The van der Waals surface area contributed by atoms with E-state index < -0.39 is 18.1 Å². The quantitative estimate of drug-likeness (QED) is 0.650. The van der Waals surface area contributed by atoms with E-state index in [-0.39, 0.29) is 0 Å². The standard InChI is InChI=1S/C10H8N2.C7H14N2O3/c1-3-7-11-9(5-1)10-6-2-4-8-12-10;8-5(4-10)2-1-3-6(9)7(11)12/h1-8H;4-6H,1-3,8-9H2,(H,11,12). The number of carboxylic acid groups (broad SMARTS) is 1. The fourth-order valence-electron chi connectivity index (χ4n) is 1.79. The van der Waals surface area contributed by atoms with Gasteiger partial charge in [-0.3, -0.25) is 14.8 Å². The first-order valence-corrected chi connectivity index (χ1v) is 7.56. The lowest BCUT2D eigenvalue weighted by atomic mass is 10.1. The molecule has 0 fully saturated rings. The maximum Gasteiger partial charge on any atom is 0.320 e. The number of rotatable bonds is 7. The molecule has 0 aliphatic heterocycles. The molecule has 0 spiro atoms. The van der Waals surface area contributed by atoms with Crippen LogP contribution in [-0.4, -0.2) is 39.4 Å². The molecular formula is C17H22N4O3. The molecule has 2 heterocycles. The fourth-order valence-corrected chi connectivity index (χ4v) is 1.79. The number of carbonyl (C=O) groups excluding carboxylic acids is 1. The molecule has 2 aromatic heterocycles. The molecule has 2 rings (SSSR count). The van der Waals surface area contributed by atoms with E-state index in [1.165, 1.54) is 0 Å². The van der Waals surface area contributed by atoms with Gasteiger partial charge in [-0.05, 0) is 43.5 Å². The van der Waals surface area contributed by atoms with E-state index in [9.17, 15) is 9.59 Å². The number of aliphatic carboxylic acids is 1. The average Bonchev–Trinajstić information content (AvgIpc) is 2.63. The molecular weight excluding hydrogens is 308 g/mol. The predicted octanol–water partition coefficient (Wildman–Crippen LogP) is 1.24. The summed E-state index contributed by atoms with van der Waals surface area (Å²) in [6.45, 7) is 0. The van der Waals surface area contributed by atoms with Crippen LogP contribution >= 0.6 is 0 Å². The van der Waals surface area contributed by atoms with Crippen molar-refractivity contribution in [2.24, 2.45) is 11.5 Å². The van der Waals surface area contributed by atoms with E-state index in [1.54, 1.807) is 12.4 Å². The van der Waals surface area contributed by atoms with Crippen molar-refractivity contribution < 1.29 is 14.7 Å². The summed E-state index contributed by atoms with van der Waals surface area (Å²) in [5.74, 6) is -1.02. The summed E-state index contributed by atoms with van der Waals surface area (Å²) < 4.78 is 0. The van der Waals surface area contributed by atoms with Crippen LogP contribution in [0, 0.1) is 0 Å². The van der Waals surface area contributed by atoms with Crippen molar-refractivity contribution in [3.63, 3.8) is 0 Å². The van der Waals surface area contributed by atoms with Gasteiger partial charge in [0.15, 0.2) is 0 Å². The Hall–Kier alpha value is -2.64. The number of hydrogen-bond donors (Lipinski definition) is 3. The Morgan fingerprint density at radius 1 is 1.04 bits per heavy atom. The molecule has 0 bridgehead atoms. The maximum absolute atomic E-state index is 10.2. The van der Waals surface area contributed by atoms with Gasteiger partial charge in [0.05, 0.1) is 17.4 Å². The van der Waals surface area contributed by atoms with Crippen LogP contribution in [0.25, 0.3) is 11.4 Å². The van der Waals surface area contributed by atoms with E-state index in [2.05, 4.69) is 9.97 Å². The smallest absolute Gasteiger partial charge is 0.320 e. The van der Waals surface area contributed by atoms with Crippen LogP contribution in [0.4, 0.5) is 0 Å². The number of nitrogens with two attached hydrogens (primary N) is 2. The molecule has 0 aliphatic carbocycles. The number of carbonyl (C=O) groups is 2. The van der Waals surface area contributed by atoms with Gasteiger partial charge < -0.3 is 21.4 Å². The molecule has 7 nitrogen and oxygen atoms in total. The van der Waals surface area contributed by atoms with Crippen LogP contribution in [0.1, 0.15) is 19.3 Å². The molecule has 2 unspecified atom stereocenters. The van der Waals surface area contributed by atoms with Gasteiger partial charge in [0.1, 0.15) is 12.3 Å². The van der Waals surface area contributed by atoms with Gasteiger partial charge in [-0.15, -0.1) is 0 Å². The number of aromatic nitrogens is 2. The molecule has 24 heavy (non-hydrogen) atoms. The van der Waals surface area contributed by atoms with Crippen molar-refractivity contribution in [2.75, 3.05) is 0 Å². The zero-order valence-electron chi connectivity index (χ0n) is 13.3. The molecule has 0 saturated carbocycles. The molecule has 0 radical (unpaired) electrons. The van der Waals surface area contributed by atoms with E-state index in [1.807, 2.05) is 36.4 Å². The molecule has 0 aromatic carbocycles. The zero-order valence-corrected chi connectivity index (χ0v) is 13.3. The summed E-state index contributed by atoms with van der Waals surface area (Å²) in [4.78, 5) is 28.6. The first-order valence-electron chi connectivity index (χ1n) is 7.56. The largest absolute Gasteiger partial charge is 0.480 e. The summed E-state index contributed by atoms with van der Waals surface area (Å²) in [6.07, 6.45) is 5.59. The van der Waals surface area contributed by atoms with Gasteiger partial charge in [0.2, 0.25) is 0 Å². The third kappa shape index (κ3) is 7.57. The Balaban J connectivity index is 0.000000240. The number of nitrogens with zero attached hydrogens (tertiary/aromatic N) is 2. The number of pyridine rings is 2. The topological polar surface area (TPSA) is 132 Å². The minimum atomic E-state index is -1.02. The van der Waals surface area contributed by atoms with Crippen LogP contribution < -0.4 is 11.5 Å². The lowest BCUT2D eigenvalue weighted by Crippen LogP contribution is -2.30. The van der Waals surface area contributed by atoms with E-state index in [4.69, 9.17) is 16.6 Å². The Bertz CT molecular complexity index is 570. The highest BCUT2D eigenvalue weighted by Gasteiger charge is 2.11. The summed E-state index contributed by atoms with van der Waals surface area (Å²) in [7, 11) is 0. The van der Waals surface area contributed by atoms with Crippen LogP contribution in [0.5, 0.6) is 0 Å². The molecule has 0 aliphatic rings. The fraction of sp³-hybridized carbons (Fsp3) is 0.294. The maximum atomic E-state index is 10.2. The van der Waals surface area contributed by atoms with Crippen molar-refractivity contribution >= 4 is 12.3 Å². The monoisotopic (exact) mass is 330 g/mol. The number of hydrogen-bond acceptors (Lipinski definition) is 6. The van der Waals surface area contributed by atoms with Gasteiger partial charge in [-0.1, -0.05) is 12.1 Å². The van der Waals surface area contributed by atoms with Crippen molar-refractivity contribution in [3.05, 3.63) is 48.8 Å². The molecule has 0 saturated heterocycles. The van der Waals surface area contributed by atoms with Crippen molar-refractivity contribution in [1.82, 2.24) is 9.97 Å². The highest BCUT2D eigenvalue weighted by atomic mass is 16.4. The Labute approximate surface area is 140 Å². The zero-order chi connectivity index (χ0) is 17.8. The van der Waals surface area contributed by atoms with Gasteiger partial charge >= 0.3 is 5.97 Å². The van der Waals surface area contributed by atoms with Crippen molar-refractivity contribution in [3.8, 4) is 11.4 Å². The molecule has 5 N–H and O–H groups in total. The summed E-state index contributed by atoms with van der Waals surface area (Å²) in [5.41, 5.74) is 12.3. The average molecular weight is 330 g/mol. The molecule has 2 atom stereocenters. The summed E-state index contributed by atoms with van der Waals surface area (Å²) >= 11 is 0. The predicted molar refractivity (Wildman–Crippen MR) is 91.0 cm³/mol. The van der Waals surface area contributed by atoms with E-state index in [0.717, 1.165) is 11.4 Å². The van der Waals surface area contributed by atoms with Gasteiger partial charge in [0, 0.05) is 12.4 Å². The minimum absolute atomic E-state index is 0.358. The van der Waals surface area contributed by atoms with E-state index >= 15 is 0 Å². The normalized spacial score (nSPS) is 12.4. The highest BCUT2D eigenvalue weighted by molar-refractivity contribution is 5.72. The molecule has 2 aromatic rings. The van der Waals surface area contributed by atoms with Crippen molar-refractivity contribution in [1.29, 1.82) is 0 Å². The van der Waals surface area contributed by atoms with Gasteiger partial charge in [-0.25, -0.2) is 0 Å². The van der Waals surface area contributed by atoms with Gasteiger partial charge in [-0.2, -0.15) is 0 Å². The second-order valence-corrected chi connectivity index (χ2v) is 5.11. The Kier molecular flexibility index (Phi) is 8.88.